The van der Waals surface area contributed by atoms with Gasteiger partial charge in [0, 0.05) is 19.3 Å². The summed E-state index contributed by atoms with van der Waals surface area (Å²) in [6.45, 7) is 6.29. The lowest BCUT2D eigenvalue weighted by molar-refractivity contribution is -0.167. The maximum Gasteiger partial charge on any atom is 0.306 e. The minimum Gasteiger partial charge on any atom is -0.462 e. The van der Waals surface area contributed by atoms with Crippen molar-refractivity contribution in [2.45, 2.75) is 232 Å². The Hall–Kier alpha value is -4.45. The Kier molecular flexibility index (Phi) is 52.5. The van der Waals surface area contributed by atoms with Crippen LogP contribution >= 0.6 is 0 Å². The van der Waals surface area contributed by atoms with Crippen molar-refractivity contribution in [3.05, 3.63) is 134 Å². The first kappa shape index (κ1) is 64.5. The maximum absolute atomic E-state index is 12.9. The van der Waals surface area contributed by atoms with Gasteiger partial charge in [-0.3, -0.25) is 14.4 Å². The van der Waals surface area contributed by atoms with Crippen LogP contribution < -0.4 is 0 Å². The highest BCUT2D eigenvalue weighted by Gasteiger charge is 2.19. The van der Waals surface area contributed by atoms with Gasteiger partial charge in [0.25, 0.3) is 0 Å². The average Bonchev–Trinajstić information content (AvgIpc) is 3.35. The zero-order chi connectivity index (χ0) is 50.0. The molecule has 0 aromatic heterocycles. The number of carbonyl (C=O) groups is 3. The molecule has 69 heavy (non-hydrogen) atoms. The van der Waals surface area contributed by atoms with Crippen molar-refractivity contribution in [2.24, 2.45) is 0 Å². The van der Waals surface area contributed by atoms with Crippen LogP contribution in [0.15, 0.2) is 134 Å². The van der Waals surface area contributed by atoms with Gasteiger partial charge in [0.05, 0.1) is 0 Å². The van der Waals surface area contributed by atoms with Gasteiger partial charge in [-0.05, 0) is 83.5 Å². The number of ether oxygens (including phenoxy) is 3. The lowest BCUT2D eigenvalue weighted by Gasteiger charge is -2.18. The highest BCUT2D eigenvalue weighted by atomic mass is 16.6. The minimum atomic E-state index is -0.813. The van der Waals surface area contributed by atoms with Gasteiger partial charge in [0.2, 0.25) is 0 Å². The van der Waals surface area contributed by atoms with Gasteiger partial charge in [-0.1, -0.05) is 257 Å². The van der Waals surface area contributed by atoms with Gasteiger partial charge >= 0.3 is 17.9 Å². The highest BCUT2D eigenvalue weighted by Crippen LogP contribution is 2.14. The van der Waals surface area contributed by atoms with Crippen molar-refractivity contribution in [3.63, 3.8) is 0 Å². The number of esters is 3. The van der Waals surface area contributed by atoms with Crippen molar-refractivity contribution < 1.29 is 28.6 Å². The van der Waals surface area contributed by atoms with Crippen LogP contribution in [-0.4, -0.2) is 37.2 Å². The molecule has 0 aromatic rings. The molecule has 0 bridgehead atoms. The van der Waals surface area contributed by atoms with E-state index in [0.29, 0.717) is 19.3 Å². The van der Waals surface area contributed by atoms with Crippen LogP contribution in [0.3, 0.4) is 0 Å². The fraction of sp³-hybridized carbons (Fsp3) is 0.603. The Labute approximate surface area is 424 Å². The number of rotatable bonds is 48. The Balaban J connectivity index is 4.52. The topological polar surface area (TPSA) is 78.9 Å². The summed E-state index contributed by atoms with van der Waals surface area (Å²) in [5.74, 6) is -0.984. The van der Waals surface area contributed by atoms with Crippen LogP contribution in [0.2, 0.25) is 0 Å². The van der Waals surface area contributed by atoms with Gasteiger partial charge in [0.1, 0.15) is 13.2 Å². The molecule has 1 atom stereocenters. The summed E-state index contributed by atoms with van der Waals surface area (Å²) in [5.41, 5.74) is 0. The molecule has 0 heterocycles. The van der Waals surface area contributed by atoms with Crippen LogP contribution in [0.5, 0.6) is 0 Å². The van der Waals surface area contributed by atoms with Gasteiger partial charge < -0.3 is 14.2 Å². The van der Waals surface area contributed by atoms with Gasteiger partial charge in [-0.2, -0.15) is 0 Å². The third-order valence-corrected chi connectivity index (χ3v) is 11.4. The summed E-state index contributed by atoms with van der Waals surface area (Å²) in [6.07, 6.45) is 78.6. The third-order valence-electron chi connectivity index (χ3n) is 11.4. The summed E-state index contributed by atoms with van der Waals surface area (Å²) in [4.78, 5) is 38.1. The zero-order valence-corrected chi connectivity index (χ0v) is 44.3. The van der Waals surface area contributed by atoms with E-state index in [4.69, 9.17) is 14.2 Å². The molecule has 0 aliphatic carbocycles. The smallest absolute Gasteiger partial charge is 0.306 e. The molecule has 1 unspecified atom stereocenters. The summed E-state index contributed by atoms with van der Waals surface area (Å²) < 4.78 is 16.8. The fourth-order valence-corrected chi connectivity index (χ4v) is 7.24. The van der Waals surface area contributed by atoms with E-state index in [1.807, 2.05) is 72.9 Å². The van der Waals surface area contributed by atoms with E-state index in [2.05, 4.69) is 81.5 Å². The largest absolute Gasteiger partial charge is 0.462 e. The van der Waals surface area contributed by atoms with Crippen molar-refractivity contribution in [3.8, 4) is 0 Å². The van der Waals surface area contributed by atoms with E-state index in [1.165, 1.54) is 89.9 Å². The molecule has 0 aromatic carbocycles. The molecule has 6 nitrogen and oxygen atoms in total. The van der Waals surface area contributed by atoms with E-state index < -0.39 is 6.10 Å². The summed E-state index contributed by atoms with van der Waals surface area (Å²) in [5, 5.41) is 0. The van der Waals surface area contributed by atoms with Crippen LogP contribution in [0, 0.1) is 0 Å². The number of hydrogen-bond acceptors (Lipinski definition) is 6. The minimum absolute atomic E-state index is 0.110. The normalized spacial score (nSPS) is 13.1. The van der Waals surface area contributed by atoms with E-state index in [9.17, 15) is 14.4 Å². The molecule has 0 aliphatic heterocycles. The van der Waals surface area contributed by atoms with E-state index >= 15 is 0 Å². The Morgan fingerprint density at radius 2 is 0.580 bits per heavy atom. The zero-order valence-electron chi connectivity index (χ0n) is 44.3. The Morgan fingerprint density at radius 3 is 0.942 bits per heavy atom. The standard InChI is InChI=1S/C63H100O6/c1-4-7-10-13-16-19-22-25-27-29-31-33-35-38-41-44-47-50-53-56-62(65)68-59-60(58-67-61(64)55-52-49-46-43-40-37-24-21-18-15-12-9-6-3)69-63(66)57-54-51-48-45-42-39-36-34-32-30-28-26-23-20-17-14-11-8-5-2/h7,9-10,12-13,15-16,18-19,21-22,24-25,27,29-33,35,38,41,60H,4-6,8,11,14,17,20,23,26,28,34,36-37,39-40,42-59H2,1-3H3/b10-7-,12-9-,16-13-,18-15-,22-19-,24-21-,27-25-,31-29+,32-30-,35-33-,41-38-. The van der Waals surface area contributed by atoms with Crippen LogP contribution in [0.4, 0.5) is 0 Å². The molecule has 0 saturated carbocycles. The predicted molar refractivity (Wildman–Crippen MR) is 297 cm³/mol. The second-order valence-electron chi connectivity index (χ2n) is 18.0. The average molecular weight is 953 g/mol. The molecule has 0 N–H and O–H groups in total. The van der Waals surface area contributed by atoms with Gasteiger partial charge in [-0.15, -0.1) is 0 Å². The first-order valence-corrected chi connectivity index (χ1v) is 27.8. The second-order valence-corrected chi connectivity index (χ2v) is 18.0. The molecule has 0 radical (unpaired) electrons. The molecule has 0 fully saturated rings. The van der Waals surface area contributed by atoms with Crippen molar-refractivity contribution in [2.75, 3.05) is 13.2 Å². The molecule has 388 valence electrons. The Morgan fingerprint density at radius 1 is 0.304 bits per heavy atom. The molecular formula is C63H100O6. The monoisotopic (exact) mass is 953 g/mol. The SMILES string of the molecule is CC\C=C/C=C\C=C/C=C\C=C\C=C/C=C\CCCCCC(=O)OCC(COC(=O)CCCCCCC\C=C/C=C\C=C/CC)OC(=O)CCCCCCCCC/C=C\CCCCCCCCCC. The summed E-state index contributed by atoms with van der Waals surface area (Å²) in [7, 11) is 0. The fourth-order valence-electron chi connectivity index (χ4n) is 7.24. The molecule has 0 aliphatic rings. The van der Waals surface area contributed by atoms with Crippen molar-refractivity contribution in [1.82, 2.24) is 0 Å². The summed E-state index contributed by atoms with van der Waals surface area (Å²) >= 11 is 0. The molecular weight excluding hydrogens is 853 g/mol. The van der Waals surface area contributed by atoms with Crippen molar-refractivity contribution >= 4 is 17.9 Å². The quantitative estimate of drug-likeness (QED) is 0.0199. The van der Waals surface area contributed by atoms with E-state index in [0.717, 1.165) is 96.3 Å². The number of allylic oxidation sites excluding steroid dienone is 22. The number of unbranched alkanes of at least 4 members (excludes halogenated alkanes) is 23. The number of hydrogen-bond donors (Lipinski definition) is 0. The van der Waals surface area contributed by atoms with Gasteiger partial charge in [-0.25, -0.2) is 0 Å². The summed E-state index contributed by atoms with van der Waals surface area (Å²) in [6, 6.07) is 0. The molecule has 0 saturated heterocycles. The van der Waals surface area contributed by atoms with Crippen LogP contribution in [0.1, 0.15) is 226 Å². The first-order valence-electron chi connectivity index (χ1n) is 27.8. The lowest BCUT2D eigenvalue weighted by atomic mass is 10.1. The Bertz CT molecular complexity index is 1510. The first-order chi connectivity index (χ1) is 34.0. The lowest BCUT2D eigenvalue weighted by Crippen LogP contribution is -2.30. The molecule has 6 heteroatoms. The highest BCUT2D eigenvalue weighted by molar-refractivity contribution is 5.71. The number of carbonyl (C=O) groups excluding carboxylic acids is 3. The second kappa shape index (κ2) is 56.1. The van der Waals surface area contributed by atoms with E-state index in [1.54, 1.807) is 0 Å². The van der Waals surface area contributed by atoms with Gasteiger partial charge in [0.15, 0.2) is 6.10 Å². The van der Waals surface area contributed by atoms with Crippen LogP contribution in [-0.2, 0) is 28.6 Å². The third kappa shape index (κ3) is 54.4. The predicted octanol–water partition coefficient (Wildman–Crippen LogP) is 18.6. The van der Waals surface area contributed by atoms with E-state index in [-0.39, 0.29) is 31.1 Å². The molecule has 0 spiro atoms. The van der Waals surface area contributed by atoms with Crippen molar-refractivity contribution in [1.29, 1.82) is 0 Å². The maximum atomic E-state index is 12.9. The van der Waals surface area contributed by atoms with Crippen LogP contribution in [0.25, 0.3) is 0 Å². The molecule has 0 amide bonds. The molecule has 0 rings (SSSR count).